The molecule has 2 atom stereocenters. The molecule has 3 rings (SSSR count). The largest absolute Gasteiger partial charge is 0.490 e. The van der Waals surface area contributed by atoms with E-state index in [0.29, 0.717) is 18.9 Å². The lowest BCUT2D eigenvalue weighted by molar-refractivity contribution is -0.122. The summed E-state index contributed by atoms with van der Waals surface area (Å²) in [5, 5.41) is 4.02. The first-order valence-electron chi connectivity index (χ1n) is 8.28. The minimum Gasteiger partial charge on any atom is -0.490 e. The molecular weight excluding hydrogens is 290 g/mol. The average molecular weight is 313 g/mol. The normalized spacial score (nSPS) is 18.3. The quantitative estimate of drug-likeness (QED) is 0.806. The number of rotatable bonds is 6. The standard InChI is InChI=1S/C19H23NO3/c1-3-22-16-10-6-9-15-12-17(23-19(15)16)13(2)20-18(21)11-14-7-4-5-8-14/h4,6-7,9-10,12-14H,3,5,8,11H2,1-2H3,(H,20,21). The molecule has 1 aliphatic carbocycles. The van der Waals surface area contributed by atoms with Gasteiger partial charge in [0.25, 0.3) is 0 Å². The Hall–Kier alpha value is -2.23. The van der Waals surface area contributed by atoms with Crippen LogP contribution in [0.1, 0.15) is 44.9 Å². The number of hydrogen-bond acceptors (Lipinski definition) is 3. The first-order chi connectivity index (χ1) is 11.2. The van der Waals surface area contributed by atoms with E-state index in [-0.39, 0.29) is 11.9 Å². The summed E-state index contributed by atoms with van der Waals surface area (Å²) in [7, 11) is 0. The maximum absolute atomic E-state index is 12.2. The van der Waals surface area contributed by atoms with Crippen LogP contribution in [0.5, 0.6) is 5.75 Å². The molecule has 0 saturated heterocycles. The van der Waals surface area contributed by atoms with Gasteiger partial charge in [-0.25, -0.2) is 0 Å². The molecule has 1 N–H and O–H groups in total. The van der Waals surface area contributed by atoms with E-state index < -0.39 is 0 Å². The second-order valence-electron chi connectivity index (χ2n) is 6.02. The molecule has 1 amide bonds. The summed E-state index contributed by atoms with van der Waals surface area (Å²) in [6.45, 7) is 4.49. The van der Waals surface area contributed by atoms with Gasteiger partial charge in [-0.2, -0.15) is 0 Å². The van der Waals surface area contributed by atoms with E-state index in [0.717, 1.165) is 35.3 Å². The predicted octanol–water partition coefficient (Wildman–Crippen LogP) is 4.37. The van der Waals surface area contributed by atoms with Crippen molar-refractivity contribution < 1.29 is 13.9 Å². The number of furan rings is 1. The van der Waals surface area contributed by atoms with Crippen LogP contribution in [-0.2, 0) is 4.79 Å². The predicted molar refractivity (Wildman–Crippen MR) is 90.4 cm³/mol. The van der Waals surface area contributed by atoms with Crippen LogP contribution in [0.3, 0.4) is 0 Å². The fourth-order valence-corrected chi connectivity index (χ4v) is 3.01. The molecule has 2 unspecified atom stereocenters. The van der Waals surface area contributed by atoms with Gasteiger partial charge in [-0.15, -0.1) is 0 Å². The lowest BCUT2D eigenvalue weighted by Gasteiger charge is -2.13. The smallest absolute Gasteiger partial charge is 0.221 e. The third kappa shape index (κ3) is 3.58. The molecule has 0 radical (unpaired) electrons. The van der Waals surface area contributed by atoms with E-state index in [9.17, 15) is 4.79 Å². The summed E-state index contributed by atoms with van der Waals surface area (Å²) >= 11 is 0. The van der Waals surface area contributed by atoms with Crippen LogP contribution in [0, 0.1) is 5.92 Å². The Kier molecular flexibility index (Phi) is 4.70. The number of carbonyl (C=O) groups excluding carboxylic acids is 1. The molecule has 1 aliphatic rings. The molecule has 23 heavy (non-hydrogen) atoms. The Bertz CT molecular complexity index is 716. The highest BCUT2D eigenvalue weighted by Gasteiger charge is 2.19. The number of nitrogens with one attached hydrogen (secondary N) is 1. The van der Waals surface area contributed by atoms with Crippen molar-refractivity contribution in [3.63, 3.8) is 0 Å². The SMILES string of the molecule is CCOc1cccc2cc(C(C)NC(=O)CC3C=CCC3)oc12. The van der Waals surface area contributed by atoms with Crippen molar-refractivity contribution in [2.24, 2.45) is 5.92 Å². The second-order valence-corrected chi connectivity index (χ2v) is 6.02. The molecule has 0 spiro atoms. The fraction of sp³-hybridized carbons (Fsp3) is 0.421. The molecule has 1 aromatic heterocycles. The fourth-order valence-electron chi connectivity index (χ4n) is 3.01. The summed E-state index contributed by atoms with van der Waals surface area (Å²) < 4.78 is 11.5. The maximum Gasteiger partial charge on any atom is 0.221 e. The van der Waals surface area contributed by atoms with Gasteiger partial charge in [0.1, 0.15) is 5.76 Å². The third-order valence-corrected chi connectivity index (χ3v) is 4.19. The van der Waals surface area contributed by atoms with Crippen molar-refractivity contribution in [2.75, 3.05) is 6.61 Å². The zero-order valence-corrected chi connectivity index (χ0v) is 13.7. The third-order valence-electron chi connectivity index (χ3n) is 4.19. The van der Waals surface area contributed by atoms with E-state index in [1.165, 1.54) is 0 Å². The lowest BCUT2D eigenvalue weighted by Crippen LogP contribution is -2.27. The van der Waals surface area contributed by atoms with Crippen LogP contribution in [0.25, 0.3) is 11.0 Å². The summed E-state index contributed by atoms with van der Waals surface area (Å²) in [5.74, 6) is 1.94. The minimum absolute atomic E-state index is 0.0690. The van der Waals surface area contributed by atoms with Crippen molar-refractivity contribution in [2.45, 2.75) is 39.2 Å². The number of amides is 1. The van der Waals surface area contributed by atoms with E-state index >= 15 is 0 Å². The van der Waals surface area contributed by atoms with Crippen LogP contribution in [0.4, 0.5) is 0 Å². The van der Waals surface area contributed by atoms with Crippen molar-refractivity contribution in [1.82, 2.24) is 5.32 Å². The molecule has 0 bridgehead atoms. The van der Waals surface area contributed by atoms with E-state index in [1.54, 1.807) is 0 Å². The van der Waals surface area contributed by atoms with Gasteiger partial charge in [0.2, 0.25) is 5.91 Å². The summed E-state index contributed by atoms with van der Waals surface area (Å²) in [4.78, 5) is 12.2. The number of hydrogen-bond donors (Lipinski definition) is 1. The van der Waals surface area contributed by atoms with E-state index in [2.05, 4.69) is 17.5 Å². The highest BCUT2D eigenvalue weighted by Crippen LogP contribution is 2.31. The number of fused-ring (bicyclic) bond motifs is 1. The van der Waals surface area contributed by atoms with Crippen LogP contribution in [0.15, 0.2) is 40.8 Å². The molecular formula is C19H23NO3. The Morgan fingerprint density at radius 1 is 1.48 bits per heavy atom. The van der Waals surface area contributed by atoms with Crippen LogP contribution in [0.2, 0.25) is 0 Å². The van der Waals surface area contributed by atoms with E-state index in [1.807, 2.05) is 38.1 Å². The Balaban J connectivity index is 1.70. The number of ether oxygens (including phenoxy) is 1. The topological polar surface area (TPSA) is 51.5 Å². The second kappa shape index (κ2) is 6.90. The van der Waals surface area contributed by atoms with Gasteiger partial charge in [0.05, 0.1) is 12.6 Å². The molecule has 2 aromatic rings. The lowest BCUT2D eigenvalue weighted by atomic mass is 10.0. The van der Waals surface area contributed by atoms with Crippen LogP contribution in [-0.4, -0.2) is 12.5 Å². The van der Waals surface area contributed by atoms with E-state index in [4.69, 9.17) is 9.15 Å². The van der Waals surface area contributed by atoms with Gasteiger partial charge < -0.3 is 14.5 Å². The zero-order valence-electron chi connectivity index (χ0n) is 13.7. The van der Waals surface area contributed by atoms with Crippen molar-refractivity contribution >= 4 is 16.9 Å². The number of benzene rings is 1. The summed E-state index contributed by atoms with van der Waals surface area (Å²) in [6.07, 6.45) is 6.99. The van der Waals surface area contributed by atoms with Gasteiger partial charge in [-0.1, -0.05) is 24.3 Å². The van der Waals surface area contributed by atoms with Crippen LogP contribution < -0.4 is 10.1 Å². The number of para-hydroxylation sites is 1. The Morgan fingerprint density at radius 3 is 3.09 bits per heavy atom. The molecule has 4 heteroatoms. The number of allylic oxidation sites excluding steroid dienone is 2. The van der Waals surface area contributed by atoms with Crippen molar-refractivity contribution in [3.8, 4) is 5.75 Å². The van der Waals surface area contributed by atoms with Gasteiger partial charge in [0.15, 0.2) is 11.3 Å². The molecule has 1 aromatic carbocycles. The van der Waals surface area contributed by atoms with Crippen molar-refractivity contribution in [1.29, 1.82) is 0 Å². The molecule has 4 nitrogen and oxygen atoms in total. The summed E-state index contributed by atoms with van der Waals surface area (Å²) in [5.41, 5.74) is 0.740. The first kappa shape index (κ1) is 15.7. The van der Waals surface area contributed by atoms with Gasteiger partial charge in [-0.05, 0) is 44.7 Å². The first-order valence-corrected chi connectivity index (χ1v) is 8.28. The van der Waals surface area contributed by atoms with Gasteiger partial charge >= 0.3 is 0 Å². The molecule has 0 saturated carbocycles. The Labute approximate surface area is 136 Å². The highest BCUT2D eigenvalue weighted by atomic mass is 16.5. The van der Waals surface area contributed by atoms with Gasteiger partial charge in [0, 0.05) is 11.8 Å². The van der Waals surface area contributed by atoms with Gasteiger partial charge in [-0.3, -0.25) is 4.79 Å². The molecule has 0 fully saturated rings. The molecule has 1 heterocycles. The zero-order chi connectivity index (χ0) is 16.2. The minimum atomic E-state index is -0.158. The average Bonchev–Trinajstić information content (AvgIpc) is 3.16. The summed E-state index contributed by atoms with van der Waals surface area (Å²) in [6, 6.07) is 7.65. The maximum atomic E-state index is 12.2. The van der Waals surface area contributed by atoms with Crippen LogP contribution >= 0.6 is 0 Å². The number of carbonyl (C=O) groups is 1. The van der Waals surface area contributed by atoms with Crippen molar-refractivity contribution in [3.05, 3.63) is 42.2 Å². The Morgan fingerprint density at radius 2 is 2.35 bits per heavy atom. The monoisotopic (exact) mass is 313 g/mol. The molecule has 0 aliphatic heterocycles. The highest BCUT2D eigenvalue weighted by molar-refractivity contribution is 5.84. The molecule has 122 valence electrons.